The van der Waals surface area contributed by atoms with Crippen LogP contribution >= 0.6 is 0 Å². The fraction of sp³-hybridized carbons (Fsp3) is 0.208. The molecule has 0 radical (unpaired) electrons. The Hall–Kier alpha value is -2.07. The molecule has 0 atom stereocenters. The summed E-state index contributed by atoms with van der Waals surface area (Å²) >= 11 is 0. The van der Waals surface area contributed by atoms with Crippen LogP contribution < -0.4 is 40.1 Å². The summed E-state index contributed by atoms with van der Waals surface area (Å²) in [6.07, 6.45) is 0. The third-order valence-electron chi connectivity index (χ3n) is 5.45. The predicted octanol–water partition coefficient (Wildman–Crippen LogP) is 2.18. The van der Waals surface area contributed by atoms with Crippen molar-refractivity contribution in [2.24, 2.45) is 0 Å². The minimum absolute atomic E-state index is 0. The first-order chi connectivity index (χ1) is 12.8. The van der Waals surface area contributed by atoms with Crippen molar-refractivity contribution < 1.29 is 39.1 Å². The van der Waals surface area contributed by atoms with Gasteiger partial charge in [-0.25, -0.2) is 0 Å². The van der Waals surface area contributed by atoms with Crippen molar-refractivity contribution in [3.8, 4) is 28.2 Å². The number of hydrogen-bond donors (Lipinski definition) is 0. The predicted molar refractivity (Wildman–Crippen MR) is 108 cm³/mol. The Morgan fingerprint density at radius 1 is 0.821 bits per heavy atom. The fourth-order valence-corrected chi connectivity index (χ4v) is 3.92. The molecule has 0 aromatic heterocycles. The summed E-state index contributed by atoms with van der Waals surface area (Å²) in [5.41, 5.74) is 7.22. The van der Waals surface area contributed by atoms with E-state index in [4.69, 9.17) is 4.42 Å². The summed E-state index contributed by atoms with van der Waals surface area (Å²) in [6, 6.07) is 12.0. The average Bonchev–Trinajstić information content (AvgIpc) is 2.64. The molecule has 136 valence electrons. The summed E-state index contributed by atoms with van der Waals surface area (Å²) in [4.78, 5) is 12.5. The molecule has 2 aliphatic rings. The summed E-state index contributed by atoms with van der Waals surface area (Å²) < 4.78 is 6.18. The molecule has 4 heteroatoms. The Morgan fingerprint density at radius 2 is 1.50 bits per heavy atom. The van der Waals surface area contributed by atoms with Gasteiger partial charge in [-0.05, 0) is 69.0 Å². The third kappa shape index (κ3) is 2.98. The molecule has 3 nitrogen and oxygen atoms in total. The van der Waals surface area contributed by atoms with Gasteiger partial charge in [-0.2, -0.15) is 0 Å². The first kappa shape index (κ1) is 20.7. The van der Waals surface area contributed by atoms with E-state index in [1.54, 1.807) is 13.8 Å². The number of aryl methyl sites for hydroxylation is 4. The van der Waals surface area contributed by atoms with Gasteiger partial charge in [0.25, 0.3) is 0 Å². The molecule has 0 N–H and O–H groups in total. The number of hydrogen-bond acceptors (Lipinski definition) is 3. The van der Waals surface area contributed by atoms with Crippen LogP contribution in [0.2, 0.25) is 0 Å². The maximum atomic E-state index is 12.5. The minimum Gasteiger partial charge on any atom is -0.872 e. The van der Waals surface area contributed by atoms with Crippen LogP contribution in [0.4, 0.5) is 0 Å². The van der Waals surface area contributed by atoms with E-state index in [9.17, 15) is 9.90 Å². The Bertz CT molecular complexity index is 1250. The van der Waals surface area contributed by atoms with Gasteiger partial charge in [0.1, 0.15) is 11.3 Å². The van der Waals surface area contributed by atoms with E-state index >= 15 is 0 Å². The first-order valence-corrected chi connectivity index (χ1v) is 9.05. The van der Waals surface area contributed by atoms with Gasteiger partial charge >= 0.3 is 29.6 Å². The van der Waals surface area contributed by atoms with E-state index in [1.165, 1.54) is 0 Å². The Labute approximate surface area is 186 Å². The zero-order valence-electron chi connectivity index (χ0n) is 17.2. The smallest absolute Gasteiger partial charge is 0.872 e. The monoisotopic (exact) mass is 380 g/mol. The van der Waals surface area contributed by atoms with Crippen LogP contribution in [0, 0.1) is 34.6 Å². The van der Waals surface area contributed by atoms with Crippen molar-refractivity contribution in [2.45, 2.75) is 34.6 Å². The average molecular weight is 380 g/mol. The quantitative estimate of drug-likeness (QED) is 0.376. The van der Waals surface area contributed by atoms with Crippen LogP contribution in [0.25, 0.3) is 33.4 Å². The molecular formula is C24H21NaO3. The number of rotatable bonds is 1. The zero-order valence-corrected chi connectivity index (χ0v) is 19.2. The molecule has 0 bridgehead atoms. The van der Waals surface area contributed by atoms with Gasteiger partial charge in [0.2, 0.25) is 0 Å². The van der Waals surface area contributed by atoms with Gasteiger partial charge in [0, 0.05) is 22.1 Å². The SMILES string of the molecule is Cc1ccccc1-c1c2cc(C)c(=O)c(C)c-2oc2c(C)c([O-])c(C)cc12.[Na+]. The molecule has 0 saturated carbocycles. The van der Waals surface area contributed by atoms with Gasteiger partial charge in [0.05, 0.1) is 0 Å². The molecule has 2 aromatic rings. The van der Waals surface area contributed by atoms with E-state index in [0.717, 1.165) is 27.6 Å². The van der Waals surface area contributed by atoms with Crippen LogP contribution in [-0.4, -0.2) is 0 Å². The van der Waals surface area contributed by atoms with Crippen LogP contribution in [0.3, 0.4) is 0 Å². The maximum Gasteiger partial charge on any atom is 1.00 e. The van der Waals surface area contributed by atoms with Gasteiger partial charge in [-0.3, -0.25) is 4.79 Å². The van der Waals surface area contributed by atoms with E-state index in [2.05, 4.69) is 19.1 Å². The molecule has 1 aliphatic carbocycles. The van der Waals surface area contributed by atoms with Gasteiger partial charge in [-0.1, -0.05) is 35.6 Å². The van der Waals surface area contributed by atoms with Crippen molar-refractivity contribution >= 4 is 11.0 Å². The summed E-state index contributed by atoms with van der Waals surface area (Å²) in [5, 5.41) is 13.4. The summed E-state index contributed by atoms with van der Waals surface area (Å²) in [5.74, 6) is 0.538. The van der Waals surface area contributed by atoms with Crippen LogP contribution in [-0.2, 0) is 0 Å². The van der Waals surface area contributed by atoms with E-state index in [-0.39, 0.29) is 40.7 Å². The molecular weight excluding hydrogens is 359 g/mol. The molecule has 4 rings (SSSR count). The number of fused-ring (bicyclic) bond motifs is 2. The normalized spacial score (nSPS) is 11.0. The van der Waals surface area contributed by atoms with Gasteiger partial charge < -0.3 is 9.52 Å². The van der Waals surface area contributed by atoms with Crippen LogP contribution in [0.5, 0.6) is 5.75 Å². The van der Waals surface area contributed by atoms with Crippen molar-refractivity contribution in [1.29, 1.82) is 0 Å². The molecule has 0 spiro atoms. The standard InChI is InChI=1S/C24H22O3.Na/c1-12-8-6-7-9-17(12)20-18-10-13(2)21(25)15(4)23(18)27-24-16(5)22(26)14(3)11-19(20)24;/h6-11,25H,1-5H3;/q;+1/p-1. The van der Waals surface area contributed by atoms with Crippen LogP contribution in [0.15, 0.2) is 45.6 Å². The molecule has 1 heterocycles. The van der Waals surface area contributed by atoms with E-state index < -0.39 is 0 Å². The second-order valence-electron chi connectivity index (χ2n) is 7.34. The van der Waals surface area contributed by atoms with Crippen molar-refractivity contribution in [2.75, 3.05) is 0 Å². The molecule has 0 unspecified atom stereocenters. The van der Waals surface area contributed by atoms with Crippen LogP contribution in [0.1, 0.15) is 27.8 Å². The molecule has 0 fully saturated rings. The van der Waals surface area contributed by atoms with Crippen molar-refractivity contribution in [3.63, 3.8) is 0 Å². The first-order valence-electron chi connectivity index (χ1n) is 9.05. The Morgan fingerprint density at radius 3 is 2.18 bits per heavy atom. The largest absolute Gasteiger partial charge is 1.00 e. The second kappa shape index (κ2) is 7.40. The van der Waals surface area contributed by atoms with Gasteiger partial charge in [-0.15, -0.1) is 0 Å². The van der Waals surface area contributed by atoms with Crippen molar-refractivity contribution in [1.82, 2.24) is 0 Å². The molecule has 2 aromatic carbocycles. The third-order valence-corrected chi connectivity index (χ3v) is 5.45. The fourth-order valence-electron chi connectivity index (χ4n) is 3.92. The number of benzene rings is 3. The van der Waals surface area contributed by atoms with Gasteiger partial charge in [0.15, 0.2) is 5.43 Å². The van der Waals surface area contributed by atoms with E-state index in [0.29, 0.717) is 33.6 Å². The second-order valence-corrected chi connectivity index (χ2v) is 7.34. The minimum atomic E-state index is -0.0200. The Kier molecular flexibility index (Phi) is 5.46. The summed E-state index contributed by atoms with van der Waals surface area (Å²) in [6.45, 7) is 9.31. The maximum absolute atomic E-state index is 12.5. The molecule has 1 aliphatic heterocycles. The molecule has 0 amide bonds. The van der Waals surface area contributed by atoms with Crippen molar-refractivity contribution in [3.05, 3.63) is 74.4 Å². The topological polar surface area (TPSA) is 53.3 Å². The molecule has 28 heavy (non-hydrogen) atoms. The Balaban J connectivity index is 0.00000225. The zero-order chi connectivity index (χ0) is 19.5. The molecule has 0 saturated heterocycles. The summed E-state index contributed by atoms with van der Waals surface area (Å²) in [7, 11) is 0. The van der Waals surface area contributed by atoms with E-state index in [1.807, 2.05) is 38.1 Å².